The lowest BCUT2D eigenvalue weighted by atomic mass is 9.90. The molecule has 1 heterocycles. The average molecular weight is 233 g/mol. The maximum absolute atomic E-state index is 11.8. The molecule has 17 heavy (non-hydrogen) atoms. The molecule has 3 heteroatoms. The largest absolute Gasteiger partial charge is 0.466 e. The Morgan fingerprint density at radius 2 is 2.12 bits per heavy atom. The highest BCUT2D eigenvalue weighted by molar-refractivity contribution is 5.73. The standard InChI is InChI=1S/C14H19NO2/c1-2-17-14(16)13-10-15-9-12(13)8-11-6-4-3-5-7-11/h3-7,12-13,15H,2,8-10H2,1H3/t12-,13-/m1/s1. The molecule has 0 aliphatic carbocycles. The van der Waals surface area contributed by atoms with Crippen LogP contribution in [0.5, 0.6) is 0 Å². The van der Waals surface area contributed by atoms with E-state index in [1.165, 1.54) is 5.56 Å². The van der Waals surface area contributed by atoms with Gasteiger partial charge in [-0.25, -0.2) is 0 Å². The molecule has 0 aromatic heterocycles. The van der Waals surface area contributed by atoms with Crippen LogP contribution in [0, 0.1) is 11.8 Å². The molecule has 0 amide bonds. The SMILES string of the molecule is CCOC(=O)[C@@H]1CNC[C@H]1Cc1ccccc1. The minimum absolute atomic E-state index is 0.00940. The van der Waals surface area contributed by atoms with Gasteiger partial charge in [0, 0.05) is 6.54 Å². The highest BCUT2D eigenvalue weighted by Crippen LogP contribution is 2.22. The number of rotatable bonds is 4. The van der Waals surface area contributed by atoms with E-state index < -0.39 is 0 Å². The van der Waals surface area contributed by atoms with Crippen molar-refractivity contribution in [3.8, 4) is 0 Å². The van der Waals surface area contributed by atoms with E-state index in [0.29, 0.717) is 12.5 Å². The fourth-order valence-corrected chi connectivity index (χ4v) is 2.39. The third-order valence-corrected chi connectivity index (χ3v) is 3.27. The van der Waals surface area contributed by atoms with E-state index in [1.54, 1.807) is 0 Å². The first-order valence-electron chi connectivity index (χ1n) is 6.22. The number of ether oxygens (including phenoxy) is 1. The van der Waals surface area contributed by atoms with E-state index in [1.807, 2.05) is 25.1 Å². The van der Waals surface area contributed by atoms with E-state index >= 15 is 0 Å². The zero-order valence-corrected chi connectivity index (χ0v) is 10.2. The van der Waals surface area contributed by atoms with Crippen molar-refractivity contribution < 1.29 is 9.53 Å². The summed E-state index contributed by atoms with van der Waals surface area (Å²) in [7, 11) is 0. The van der Waals surface area contributed by atoms with Crippen molar-refractivity contribution in [2.45, 2.75) is 13.3 Å². The summed E-state index contributed by atoms with van der Waals surface area (Å²) in [4.78, 5) is 11.8. The first kappa shape index (κ1) is 12.1. The van der Waals surface area contributed by atoms with Gasteiger partial charge < -0.3 is 10.1 Å². The van der Waals surface area contributed by atoms with Crippen LogP contribution in [0.2, 0.25) is 0 Å². The summed E-state index contributed by atoms with van der Waals surface area (Å²) in [6, 6.07) is 10.3. The number of esters is 1. The second-order valence-corrected chi connectivity index (χ2v) is 4.47. The van der Waals surface area contributed by atoms with Gasteiger partial charge in [-0.15, -0.1) is 0 Å². The quantitative estimate of drug-likeness (QED) is 0.803. The average Bonchev–Trinajstić information content (AvgIpc) is 2.79. The summed E-state index contributed by atoms with van der Waals surface area (Å²) in [6.07, 6.45) is 0.942. The third-order valence-electron chi connectivity index (χ3n) is 3.27. The Balaban J connectivity index is 1.98. The third kappa shape index (κ3) is 3.07. The minimum Gasteiger partial charge on any atom is -0.466 e. The summed E-state index contributed by atoms with van der Waals surface area (Å²) in [6.45, 7) is 3.97. The number of carbonyl (C=O) groups is 1. The van der Waals surface area contributed by atoms with E-state index in [4.69, 9.17) is 4.74 Å². The smallest absolute Gasteiger partial charge is 0.310 e. The van der Waals surface area contributed by atoms with Crippen LogP contribution in [0.1, 0.15) is 12.5 Å². The van der Waals surface area contributed by atoms with E-state index in [2.05, 4.69) is 17.4 Å². The summed E-state index contributed by atoms with van der Waals surface area (Å²) >= 11 is 0. The Kier molecular flexibility index (Phi) is 4.15. The van der Waals surface area contributed by atoms with Gasteiger partial charge in [0.25, 0.3) is 0 Å². The van der Waals surface area contributed by atoms with Crippen LogP contribution in [-0.2, 0) is 16.0 Å². The molecule has 1 N–H and O–H groups in total. The maximum atomic E-state index is 11.8. The minimum atomic E-state index is -0.0570. The lowest BCUT2D eigenvalue weighted by Gasteiger charge is -2.16. The van der Waals surface area contributed by atoms with Crippen molar-refractivity contribution in [2.24, 2.45) is 11.8 Å². The Morgan fingerprint density at radius 3 is 2.82 bits per heavy atom. The van der Waals surface area contributed by atoms with Gasteiger partial charge in [-0.3, -0.25) is 4.79 Å². The fourth-order valence-electron chi connectivity index (χ4n) is 2.39. The van der Waals surface area contributed by atoms with Crippen LogP contribution < -0.4 is 5.32 Å². The molecular weight excluding hydrogens is 214 g/mol. The molecule has 0 radical (unpaired) electrons. The molecule has 2 atom stereocenters. The second kappa shape index (κ2) is 5.82. The van der Waals surface area contributed by atoms with Crippen LogP contribution in [0.15, 0.2) is 30.3 Å². The van der Waals surface area contributed by atoms with Gasteiger partial charge in [0.2, 0.25) is 0 Å². The first-order chi connectivity index (χ1) is 8.31. The lowest BCUT2D eigenvalue weighted by Crippen LogP contribution is -2.26. The van der Waals surface area contributed by atoms with Crippen molar-refractivity contribution in [3.63, 3.8) is 0 Å². The van der Waals surface area contributed by atoms with E-state index in [-0.39, 0.29) is 11.9 Å². The molecule has 1 aromatic carbocycles. The number of carbonyl (C=O) groups excluding carboxylic acids is 1. The van der Waals surface area contributed by atoms with Gasteiger partial charge in [0.15, 0.2) is 0 Å². The lowest BCUT2D eigenvalue weighted by molar-refractivity contribution is -0.148. The van der Waals surface area contributed by atoms with Crippen LogP contribution in [-0.4, -0.2) is 25.7 Å². The van der Waals surface area contributed by atoms with Crippen molar-refractivity contribution in [1.82, 2.24) is 5.32 Å². The number of hydrogen-bond acceptors (Lipinski definition) is 3. The predicted octanol–water partition coefficient (Wildman–Crippen LogP) is 1.63. The van der Waals surface area contributed by atoms with Gasteiger partial charge in [0.1, 0.15) is 0 Å². The molecular formula is C14H19NO2. The van der Waals surface area contributed by atoms with Crippen molar-refractivity contribution in [1.29, 1.82) is 0 Å². The molecule has 2 rings (SSSR count). The van der Waals surface area contributed by atoms with Crippen LogP contribution in [0.25, 0.3) is 0 Å². The van der Waals surface area contributed by atoms with E-state index in [0.717, 1.165) is 19.5 Å². The highest BCUT2D eigenvalue weighted by Gasteiger charge is 2.33. The molecule has 1 aliphatic heterocycles. The molecule has 1 aromatic rings. The van der Waals surface area contributed by atoms with Crippen molar-refractivity contribution >= 4 is 5.97 Å². The predicted molar refractivity (Wildman–Crippen MR) is 66.6 cm³/mol. The summed E-state index contributed by atoms with van der Waals surface area (Å²) in [5.41, 5.74) is 1.29. The van der Waals surface area contributed by atoms with Crippen LogP contribution in [0.4, 0.5) is 0 Å². The topological polar surface area (TPSA) is 38.3 Å². The molecule has 1 fully saturated rings. The Hall–Kier alpha value is -1.35. The monoisotopic (exact) mass is 233 g/mol. The summed E-state index contributed by atoms with van der Waals surface area (Å²) in [5.74, 6) is 0.310. The molecule has 1 saturated heterocycles. The number of benzene rings is 1. The van der Waals surface area contributed by atoms with Gasteiger partial charge in [0.05, 0.1) is 12.5 Å². The summed E-state index contributed by atoms with van der Waals surface area (Å²) in [5, 5.41) is 3.28. The van der Waals surface area contributed by atoms with Gasteiger partial charge >= 0.3 is 5.97 Å². The Morgan fingerprint density at radius 1 is 1.35 bits per heavy atom. The van der Waals surface area contributed by atoms with Gasteiger partial charge in [-0.1, -0.05) is 30.3 Å². The Labute approximate surface area is 102 Å². The van der Waals surface area contributed by atoms with Gasteiger partial charge in [-0.2, -0.15) is 0 Å². The second-order valence-electron chi connectivity index (χ2n) is 4.47. The zero-order valence-electron chi connectivity index (χ0n) is 10.2. The van der Waals surface area contributed by atoms with Crippen molar-refractivity contribution in [3.05, 3.63) is 35.9 Å². The molecule has 0 bridgehead atoms. The molecule has 3 nitrogen and oxygen atoms in total. The molecule has 1 aliphatic rings. The molecule has 0 saturated carbocycles. The molecule has 92 valence electrons. The fraction of sp³-hybridized carbons (Fsp3) is 0.500. The van der Waals surface area contributed by atoms with Crippen LogP contribution in [0.3, 0.4) is 0 Å². The zero-order chi connectivity index (χ0) is 12.1. The van der Waals surface area contributed by atoms with Crippen LogP contribution >= 0.6 is 0 Å². The Bertz CT molecular complexity index is 364. The van der Waals surface area contributed by atoms with Gasteiger partial charge in [-0.05, 0) is 31.4 Å². The number of nitrogens with one attached hydrogen (secondary N) is 1. The van der Waals surface area contributed by atoms with Crippen molar-refractivity contribution in [2.75, 3.05) is 19.7 Å². The highest BCUT2D eigenvalue weighted by atomic mass is 16.5. The summed E-state index contributed by atoms with van der Waals surface area (Å²) < 4.78 is 5.11. The normalized spacial score (nSPS) is 23.6. The first-order valence-corrected chi connectivity index (χ1v) is 6.22. The number of hydrogen-bond donors (Lipinski definition) is 1. The molecule has 0 spiro atoms. The molecule has 0 unspecified atom stereocenters. The maximum Gasteiger partial charge on any atom is 0.310 e. The van der Waals surface area contributed by atoms with E-state index in [9.17, 15) is 4.79 Å².